The zero-order chi connectivity index (χ0) is 29.7. The van der Waals surface area contributed by atoms with Gasteiger partial charge in [-0.05, 0) is 66.1 Å². The molecule has 5 aromatic rings. The molecule has 0 bridgehead atoms. The average molecular weight is 571 g/mol. The molecule has 0 spiro atoms. The molecule has 1 aromatic heterocycles. The molecule has 4 amide bonds. The maximum Gasteiger partial charge on any atom is 0.332 e. The van der Waals surface area contributed by atoms with Crippen molar-refractivity contribution in [2.24, 2.45) is 0 Å². The van der Waals surface area contributed by atoms with Gasteiger partial charge >= 0.3 is 6.03 Å². The predicted octanol–water partition coefficient (Wildman–Crippen LogP) is 5.90. The Labute approximate surface area is 248 Å². The van der Waals surface area contributed by atoms with E-state index in [1.807, 2.05) is 73.7 Å². The third-order valence-corrected chi connectivity index (χ3v) is 8.44. The fourth-order valence-corrected chi connectivity index (χ4v) is 6.20. The first-order valence-electron chi connectivity index (χ1n) is 14.3. The Hall–Kier alpha value is -5.37. The van der Waals surface area contributed by atoms with Crippen LogP contribution in [0.2, 0.25) is 0 Å². The highest BCUT2D eigenvalue weighted by Gasteiger charge is 2.53. The number of nitrogens with zero attached hydrogens (tertiary/aromatic N) is 2. The van der Waals surface area contributed by atoms with E-state index in [9.17, 15) is 14.4 Å². The van der Waals surface area contributed by atoms with Gasteiger partial charge in [-0.25, -0.2) is 9.69 Å². The molecule has 4 aromatic carbocycles. The lowest BCUT2D eigenvalue weighted by atomic mass is 9.88. The highest BCUT2D eigenvalue weighted by Crippen LogP contribution is 2.44. The second-order valence-electron chi connectivity index (χ2n) is 11.0. The number of aromatic nitrogens is 1. The van der Waals surface area contributed by atoms with Crippen molar-refractivity contribution in [2.45, 2.75) is 32.0 Å². The van der Waals surface area contributed by atoms with Crippen molar-refractivity contribution in [1.29, 1.82) is 0 Å². The van der Waals surface area contributed by atoms with E-state index in [1.54, 1.807) is 36.3 Å². The number of carbonyl (C=O) groups excluding carboxylic acids is 3. The third kappa shape index (κ3) is 4.52. The fraction of sp³-hybridized carbons (Fsp3) is 0.171. The monoisotopic (exact) mass is 570 g/mol. The molecule has 0 saturated carbocycles. The molecule has 43 heavy (non-hydrogen) atoms. The van der Waals surface area contributed by atoms with Crippen molar-refractivity contribution >= 4 is 34.4 Å². The number of imide groups is 1. The number of nitrogens with one attached hydrogen (secondary N) is 2. The van der Waals surface area contributed by atoms with Crippen LogP contribution in [0.25, 0.3) is 10.9 Å². The number of anilines is 1. The van der Waals surface area contributed by atoms with E-state index in [2.05, 4.69) is 16.4 Å². The molecule has 2 aliphatic heterocycles. The molecule has 1 fully saturated rings. The van der Waals surface area contributed by atoms with E-state index in [-0.39, 0.29) is 17.8 Å². The molecule has 8 heteroatoms. The molecular weight excluding hydrogens is 540 g/mol. The minimum Gasteiger partial charge on any atom is -0.497 e. The second kappa shape index (κ2) is 10.5. The number of rotatable bonds is 6. The van der Waals surface area contributed by atoms with Crippen LogP contribution in [0.5, 0.6) is 5.75 Å². The summed E-state index contributed by atoms with van der Waals surface area (Å²) in [6, 6.07) is 28.8. The summed E-state index contributed by atoms with van der Waals surface area (Å²) in [6.45, 7) is 2.39. The summed E-state index contributed by atoms with van der Waals surface area (Å²) in [5, 5.41) is 3.98. The molecule has 1 saturated heterocycles. The number of urea groups is 1. The summed E-state index contributed by atoms with van der Waals surface area (Å²) >= 11 is 0. The Bertz CT molecular complexity index is 1860. The molecule has 0 radical (unpaired) electrons. The van der Waals surface area contributed by atoms with Gasteiger partial charge in [-0.2, -0.15) is 0 Å². The molecule has 2 atom stereocenters. The van der Waals surface area contributed by atoms with Crippen molar-refractivity contribution in [3.63, 3.8) is 0 Å². The number of aryl methyl sites for hydroxylation is 1. The maximum absolute atomic E-state index is 14.1. The lowest BCUT2D eigenvalue weighted by Crippen LogP contribution is -2.44. The quantitative estimate of drug-likeness (QED) is 0.249. The highest BCUT2D eigenvalue weighted by molar-refractivity contribution is 6.22. The Morgan fingerprint density at radius 2 is 1.65 bits per heavy atom. The van der Waals surface area contributed by atoms with Crippen molar-refractivity contribution in [2.75, 3.05) is 12.0 Å². The van der Waals surface area contributed by atoms with Crippen molar-refractivity contribution in [3.8, 4) is 5.75 Å². The second-order valence-corrected chi connectivity index (χ2v) is 11.0. The number of benzene rings is 4. The molecule has 0 aliphatic carbocycles. The summed E-state index contributed by atoms with van der Waals surface area (Å²) in [4.78, 5) is 47.4. The minimum absolute atomic E-state index is 0.247. The number of carbonyl (C=O) groups is 3. The average Bonchev–Trinajstić information content (AvgIpc) is 3.53. The zero-order valence-electron chi connectivity index (χ0n) is 23.8. The molecule has 3 heterocycles. The first kappa shape index (κ1) is 26.5. The van der Waals surface area contributed by atoms with Gasteiger partial charge in [-0.3, -0.25) is 14.5 Å². The number of ether oxygens (including phenoxy) is 1. The van der Waals surface area contributed by atoms with Crippen LogP contribution in [-0.2, 0) is 17.8 Å². The zero-order valence-corrected chi connectivity index (χ0v) is 23.8. The number of para-hydroxylation sites is 1. The molecule has 7 rings (SSSR count). The topological polar surface area (TPSA) is 94.7 Å². The van der Waals surface area contributed by atoms with Crippen molar-refractivity contribution in [3.05, 3.63) is 131 Å². The number of hydrogen-bond acceptors (Lipinski definition) is 4. The van der Waals surface area contributed by atoms with Crippen LogP contribution in [0.4, 0.5) is 10.5 Å². The van der Waals surface area contributed by atoms with Gasteiger partial charge in [0.15, 0.2) is 0 Å². The predicted molar refractivity (Wildman–Crippen MR) is 164 cm³/mol. The van der Waals surface area contributed by atoms with Crippen molar-refractivity contribution < 1.29 is 19.1 Å². The molecular formula is C35H30N4O4. The summed E-state index contributed by atoms with van der Waals surface area (Å²) in [5.74, 6) is 0.234. The number of H-pyrrole nitrogens is 1. The summed E-state index contributed by atoms with van der Waals surface area (Å²) < 4.78 is 5.18. The van der Waals surface area contributed by atoms with Gasteiger partial charge in [0, 0.05) is 35.1 Å². The Balaban J connectivity index is 1.17. The molecule has 0 unspecified atom stereocenters. The first-order chi connectivity index (χ1) is 20.9. The first-order valence-corrected chi connectivity index (χ1v) is 14.3. The van der Waals surface area contributed by atoms with E-state index in [4.69, 9.17) is 4.74 Å². The van der Waals surface area contributed by atoms with E-state index < -0.39 is 12.1 Å². The Kier molecular flexibility index (Phi) is 6.46. The van der Waals surface area contributed by atoms with E-state index in [1.165, 1.54) is 4.90 Å². The summed E-state index contributed by atoms with van der Waals surface area (Å²) in [5.41, 5.74) is 6.87. The number of fused-ring (bicyclic) bond motifs is 4. The summed E-state index contributed by atoms with van der Waals surface area (Å²) in [7, 11) is 1.61. The largest absolute Gasteiger partial charge is 0.497 e. The van der Waals surface area contributed by atoms with Crippen LogP contribution < -0.4 is 15.0 Å². The van der Waals surface area contributed by atoms with Gasteiger partial charge in [0.1, 0.15) is 17.8 Å². The molecule has 214 valence electrons. The smallest absolute Gasteiger partial charge is 0.332 e. The number of hydrogen-bond donors (Lipinski definition) is 2. The van der Waals surface area contributed by atoms with Crippen LogP contribution in [0.15, 0.2) is 97.1 Å². The SMILES string of the molecule is COc1ccc(CNC(=O)c2ccc(N3C(=O)[C@@H]4Cc5c([nH]c6ccccc56)[C@H](c5ccc(C)cc5)N4C3=O)cc2)cc1. The van der Waals surface area contributed by atoms with Crippen molar-refractivity contribution in [1.82, 2.24) is 15.2 Å². The molecule has 2 aliphatic rings. The van der Waals surface area contributed by atoms with Gasteiger partial charge in [-0.15, -0.1) is 0 Å². The van der Waals surface area contributed by atoms with E-state index >= 15 is 0 Å². The normalized spacial score (nSPS) is 17.6. The Morgan fingerprint density at radius 1 is 0.930 bits per heavy atom. The highest BCUT2D eigenvalue weighted by atomic mass is 16.5. The molecule has 2 N–H and O–H groups in total. The fourth-order valence-electron chi connectivity index (χ4n) is 6.20. The number of methoxy groups -OCH3 is 1. The van der Waals surface area contributed by atoms with Crippen LogP contribution in [0, 0.1) is 6.92 Å². The third-order valence-electron chi connectivity index (χ3n) is 8.44. The van der Waals surface area contributed by atoms with Gasteiger partial charge in [0.05, 0.1) is 12.8 Å². The number of aromatic amines is 1. The maximum atomic E-state index is 14.1. The lowest BCUT2D eigenvalue weighted by Gasteiger charge is -2.36. The Morgan fingerprint density at radius 3 is 2.37 bits per heavy atom. The van der Waals surface area contributed by atoms with Crippen LogP contribution in [0.3, 0.4) is 0 Å². The van der Waals surface area contributed by atoms with Gasteiger partial charge in [-0.1, -0.05) is 60.2 Å². The standard InChI is InChI=1S/C35H30N4O4/c1-21-7-11-23(12-8-21)32-31-28(27-5-3-4-6-29(27)37-31)19-30-34(41)38(35(42)39(30)32)25-15-13-24(14-16-25)33(40)36-20-22-9-17-26(43-2)18-10-22/h3-18,30,32,37H,19-20H2,1-2H3,(H,36,40)/t30-,32-/m0/s1. The molecule has 8 nitrogen and oxygen atoms in total. The van der Waals surface area contributed by atoms with Crippen LogP contribution in [-0.4, -0.2) is 40.9 Å². The van der Waals surface area contributed by atoms with Gasteiger partial charge < -0.3 is 15.0 Å². The number of amides is 4. The minimum atomic E-state index is -0.641. The van der Waals surface area contributed by atoms with Crippen LogP contribution in [0.1, 0.15) is 44.3 Å². The van der Waals surface area contributed by atoms with Crippen LogP contribution >= 0.6 is 0 Å². The van der Waals surface area contributed by atoms with Gasteiger partial charge in [0.25, 0.3) is 11.8 Å². The summed E-state index contributed by atoms with van der Waals surface area (Å²) in [6.07, 6.45) is 0.425. The lowest BCUT2D eigenvalue weighted by molar-refractivity contribution is -0.120. The van der Waals surface area contributed by atoms with E-state index in [0.29, 0.717) is 24.2 Å². The van der Waals surface area contributed by atoms with E-state index in [0.717, 1.165) is 44.6 Å². The van der Waals surface area contributed by atoms with Gasteiger partial charge in [0.2, 0.25) is 0 Å².